The Labute approximate surface area is 120 Å². The lowest BCUT2D eigenvalue weighted by atomic mass is 10.2. The van der Waals surface area contributed by atoms with Crippen LogP contribution in [0.15, 0.2) is 18.2 Å². The molecule has 0 aliphatic heterocycles. The Balaban J connectivity index is 2.65. The van der Waals surface area contributed by atoms with Crippen LogP contribution in [-0.4, -0.2) is 34.7 Å². The summed E-state index contributed by atoms with van der Waals surface area (Å²) in [5, 5.41) is 13.8. The maximum atomic E-state index is 13.5. The number of nitrogens with one attached hydrogen (secondary N) is 2. The Hall–Kier alpha value is -1.76. The fourth-order valence-corrected chi connectivity index (χ4v) is 2.15. The van der Waals surface area contributed by atoms with Crippen molar-refractivity contribution in [2.45, 2.75) is 19.9 Å². The number of carbonyl (C=O) groups is 2. The molecule has 0 radical (unpaired) electrons. The van der Waals surface area contributed by atoms with Crippen molar-refractivity contribution in [3.63, 3.8) is 0 Å². The Bertz CT molecular complexity index is 497. The SMILES string of the molecule is CCSCC(C)NC(=O)Nc1cc(C(=O)O)ccc1F. The number of rotatable bonds is 6. The van der Waals surface area contributed by atoms with E-state index in [9.17, 15) is 14.0 Å². The molecule has 2 amide bonds. The van der Waals surface area contributed by atoms with E-state index in [4.69, 9.17) is 5.11 Å². The van der Waals surface area contributed by atoms with Gasteiger partial charge in [0.25, 0.3) is 0 Å². The number of carbonyl (C=O) groups excluding carboxylic acids is 1. The van der Waals surface area contributed by atoms with E-state index in [1.165, 1.54) is 0 Å². The molecule has 0 fully saturated rings. The summed E-state index contributed by atoms with van der Waals surface area (Å²) in [6.07, 6.45) is 0. The first kappa shape index (κ1) is 16.3. The highest BCUT2D eigenvalue weighted by atomic mass is 32.2. The Morgan fingerprint density at radius 3 is 2.75 bits per heavy atom. The van der Waals surface area contributed by atoms with Crippen LogP contribution in [0.5, 0.6) is 0 Å². The minimum absolute atomic E-state index is 0.0642. The van der Waals surface area contributed by atoms with Crippen LogP contribution in [0.2, 0.25) is 0 Å². The molecule has 0 saturated heterocycles. The van der Waals surface area contributed by atoms with E-state index >= 15 is 0 Å². The lowest BCUT2D eigenvalue weighted by molar-refractivity contribution is 0.0697. The molecular weight excluding hydrogens is 283 g/mol. The van der Waals surface area contributed by atoms with Crippen LogP contribution in [0.25, 0.3) is 0 Å². The lowest BCUT2D eigenvalue weighted by Gasteiger charge is -2.14. The second kappa shape index (κ2) is 7.74. The Morgan fingerprint density at radius 2 is 2.15 bits per heavy atom. The number of carboxylic acids is 1. The van der Waals surface area contributed by atoms with E-state index < -0.39 is 17.8 Å². The molecule has 7 heteroatoms. The van der Waals surface area contributed by atoms with Gasteiger partial charge in [-0.1, -0.05) is 6.92 Å². The molecule has 1 aromatic carbocycles. The molecule has 0 aliphatic carbocycles. The van der Waals surface area contributed by atoms with E-state index in [2.05, 4.69) is 10.6 Å². The van der Waals surface area contributed by atoms with Crippen molar-refractivity contribution in [1.82, 2.24) is 5.32 Å². The molecule has 5 nitrogen and oxygen atoms in total. The zero-order valence-corrected chi connectivity index (χ0v) is 12.1. The molecule has 0 aliphatic rings. The summed E-state index contributed by atoms with van der Waals surface area (Å²) in [7, 11) is 0. The van der Waals surface area contributed by atoms with Crippen LogP contribution < -0.4 is 10.6 Å². The van der Waals surface area contributed by atoms with Crippen LogP contribution in [0.3, 0.4) is 0 Å². The Morgan fingerprint density at radius 1 is 1.45 bits per heavy atom. The van der Waals surface area contributed by atoms with E-state index in [0.717, 1.165) is 29.7 Å². The normalized spacial score (nSPS) is 11.8. The van der Waals surface area contributed by atoms with Crippen LogP contribution in [0.4, 0.5) is 14.9 Å². The fourth-order valence-electron chi connectivity index (χ4n) is 1.47. The van der Waals surface area contributed by atoms with Gasteiger partial charge in [-0.15, -0.1) is 0 Å². The van der Waals surface area contributed by atoms with E-state index in [0.29, 0.717) is 0 Å². The number of benzene rings is 1. The predicted molar refractivity (Wildman–Crippen MR) is 78.0 cm³/mol. The standard InChI is InChI=1S/C13H17FN2O3S/c1-3-20-7-8(2)15-13(19)16-11-6-9(12(17)18)4-5-10(11)14/h4-6,8H,3,7H2,1-2H3,(H,17,18)(H2,15,16,19). The number of thioether (sulfide) groups is 1. The first-order valence-corrected chi connectivity index (χ1v) is 7.27. The minimum atomic E-state index is -1.18. The van der Waals surface area contributed by atoms with Gasteiger partial charge in [0, 0.05) is 11.8 Å². The highest BCUT2D eigenvalue weighted by Gasteiger charge is 2.12. The Kier molecular flexibility index (Phi) is 6.30. The highest BCUT2D eigenvalue weighted by Crippen LogP contribution is 2.16. The molecule has 20 heavy (non-hydrogen) atoms. The predicted octanol–water partition coefficient (Wildman–Crippen LogP) is 2.79. The van der Waals surface area contributed by atoms with Gasteiger partial charge in [0.15, 0.2) is 0 Å². The molecule has 110 valence electrons. The first-order valence-electron chi connectivity index (χ1n) is 6.12. The van der Waals surface area contributed by atoms with Crippen LogP contribution in [0.1, 0.15) is 24.2 Å². The zero-order valence-electron chi connectivity index (χ0n) is 11.3. The molecule has 0 aromatic heterocycles. The van der Waals surface area contributed by atoms with Crippen molar-refractivity contribution >= 4 is 29.4 Å². The number of halogens is 1. The average molecular weight is 300 g/mol. The summed E-state index contributed by atoms with van der Waals surface area (Å²) >= 11 is 1.68. The summed E-state index contributed by atoms with van der Waals surface area (Å²) < 4.78 is 13.5. The van der Waals surface area contributed by atoms with Gasteiger partial charge in [0.2, 0.25) is 0 Å². The highest BCUT2D eigenvalue weighted by molar-refractivity contribution is 7.99. The molecule has 1 unspecified atom stereocenters. The molecule has 1 rings (SSSR count). The van der Waals surface area contributed by atoms with Gasteiger partial charge in [-0.25, -0.2) is 14.0 Å². The van der Waals surface area contributed by atoms with Crippen molar-refractivity contribution in [3.05, 3.63) is 29.6 Å². The van der Waals surface area contributed by atoms with Gasteiger partial charge in [0.05, 0.1) is 11.3 Å². The number of hydrogen-bond acceptors (Lipinski definition) is 3. The van der Waals surface area contributed by atoms with Gasteiger partial charge < -0.3 is 15.7 Å². The van der Waals surface area contributed by atoms with Crippen molar-refractivity contribution in [2.24, 2.45) is 0 Å². The third kappa shape index (κ3) is 5.08. The van der Waals surface area contributed by atoms with Gasteiger partial charge in [-0.2, -0.15) is 11.8 Å². The average Bonchev–Trinajstić information content (AvgIpc) is 2.38. The van der Waals surface area contributed by atoms with Gasteiger partial charge in [-0.05, 0) is 30.9 Å². The number of urea groups is 1. The van der Waals surface area contributed by atoms with Gasteiger partial charge in [-0.3, -0.25) is 0 Å². The first-order chi connectivity index (χ1) is 9.43. The molecule has 3 N–H and O–H groups in total. The third-order valence-corrected chi connectivity index (χ3v) is 3.55. The maximum Gasteiger partial charge on any atom is 0.335 e. The van der Waals surface area contributed by atoms with Gasteiger partial charge >= 0.3 is 12.0 Å². The van der Waals surface area contributed by atoms with Crippen molar-refractivity contribution in [2.75, 3.05) is 16.8 Å². The monoisotopic (exact) mass is 300 g/mol. The molecular formula is C13H17FN2O3S. The summed E-state index contributed by atoms with van der Waals surface area (Å²) in [4.78, 5) is 22.5. The second-order valence-electron chi connectivity index (χ2n) is 4.16. The smallest absolute Gasteiger partial charge is 0.335 e. The largest absolute Gasteiger partial charge is 0.478 e. The second-order valence-corrected chi connectivity index (χ2v) is 5.48. The van der Waals surface area contributed by atoms with E-state index in [1.807, 2.05) is 13.8 Å². The van der Waals surface area contributed by atoms with Gasteiger partial charge in [0.1, 0.15) is 5.82 Å². The molecule has 1 aromatic rings. The lowest BCUT2D eigenvalue weighted by Crippen LogP contribution is -2.37. The summed E-state index contributed by atoms with van der Waals surface area (Å²) in [6, 6.07) is 2.61. The quantitative estimate of drug-likeness (QED) is 0.755. The van der Waals surface area contributed by atoms with Crippen molar-refractivity contribution in [1.29, 1.82) is 0 Å². The molecule has 0 heterocycles. The number of carboxylic acid groups (broad SMARTS) is 1. The summed E-state index contributed by atoms with van der Waals surface area (Å²) in [6.45, 7) is 3.86. The number of anilines is 1. The maximum absolute atomic E-state index is 13.5. The van der Waals surface area contributed by atoms with E-state index in [1.54, 1.807) is 11.8 Å². The number of amides is 2. The van der Waals surface area contributed by atoms with Crippen molar-refractivity contribution < 1.29 is 19.1 Å². The molecule has 0 saturated carbocycles. The number of aromatic carboxylic acids is 1. The van der Waals surface area contributed by atoms with Crippen molar-refractivity contribution in [3.8, 4) is 0 Å². The van der Waals surface area contributed by atoms with Crippen LogP contribution in [0, 0.1) is 5.82 Å². The molecule has 1 atom stereocenters. The zero-order chi connectivity index (χ0) is 15.1. The fraction of sp³-hybridized carbons (Fsp3) is 0.385. The summed E-state index contributed by atoms with van der Waals surface area (Å²) in [5.74, 6) is -0.160. The molecule has 0 bridgehead atoms. The molecule has 0 spiro atoms. The summed E-state index contributed by atoms with van der Waals surface area (Å²) in [5.41, 5.74) is -0.242. The minimum Gasteiger partial charge on any atom is -0.478 e. The topological polar surface area (TPSA) is 78.4 Å². The third-order valence-electron chi connectivity index (χ3n) is 2.41. The number of hydrogen-bond donors (Lipinski definition) is 3. The van der Waals surface area contributed by atoms with Crippen LogP contribution >= 0.6 is 11.8 Å². The van der Waals surface area contributed by atoms with Crippen LogP contribution in [-0.2, 0) is 0 Å². The van der Waals surface area contributed by atoms with E-state index in [-0.39, 0.29) is 17.3 Å².